The number of carbonyl (C=O) groups excluding carboxylic acids is 3. The molecule has 3 rings (SSSR count). The SMILES string of the molecule is CC/C=C\C/C=C\C/C=C\C/C=C\C/C=C\C/C=C\CCCCCCCCCCCC/C=C/C(=O)SCCNC(=O)CCNC(=O)[C@H](O)C(C)(C)COP(=O)(O)OP(=O)(O)OC[C@H]1O[C@@H](n2cnc3c(N)ncnc32)[C@H](O)[C@@H]1OP(=O)(O)O. The summed E-state index contributed by atoms with van der Waals surface area (Å²) in [6.45, 7) is 2.65. The third kappa shape index (κ3) is 31.6. The van der Waals surface area contributed by atoms with Gasteiger partial charge >= 0.3 is 23.5 Å². The third-order valence-electron chi connectivity index (χ3n) is 12.6. The molecule has 24 nitrogen and oxygen atoms in total. The first kappa shape index (κ1) is 73.0. The number of unbranched alkanes of at least 4 members (excludes halogenated alkanes) is 11. The van der Waals surface area contributed by atoms with Crippen LogP contribution in [0, 0.1) is 5.41 Å². The Kier molecular flexibility index (Phi) is 35.3. The van der Waals surface area contributed by atoms with E-state index in [1.165, 1.54) is 65.2 Å². The molecule has 1 aliphatic heterocycles. The number of phosphoric acid groups is 3. The number of amides is 2. The number of carbonyl (C=O) groups is 3. The molecule has 2 aromatic rings. The number of fused-ring (bicyclic) bond motifs is 1. The van der Waals surface area contributed by atoms with Crippen molar-refractivity contribution in [2.24, 2.45) is 5.41 Å². The molecule has 2 aromatic heterocycles. The minimum atomic E-state index is -5.59. The summed E-state index contributed by atoms with van der Waals surface area (Å²) in [4.78, 5) is 88.7. The number of hydrogen-bond acceptors (Lipinski definition) is 18. The number of nitrogens with zero attached hydrogens (tertiary/aromatic N) is 4. The molecule has 0 radical (unpaired) electrons. The second-order valence-electron chi connectivity index (χ2n) is 20.2. The molecular formula is C55H88N7O17P3S. The quantitative estimate of drug-likeness (QED) is 0.0129. The van der Waals surface area contributed by atoms with Gasteiger partial charge in [-0.2, -0.15) is 4.31 Å². The Hall–Kier alpha value is -4.26. The average Bonchev–Trinajstić information content (AvgIpc) is 2.22. The molecule has 466 valence electrons. The van der Waals surface area contributed by atoms with Crippen molar-refractivity contribution in [3.05, 3.63) is 97.7 Å². The fourth-order valence-corrected chi connectivity index (χ4v) is 11.5. The number of nitrogen functional groups attached to an aromatic ring is 1. The molecule has 7 atom stereocenters. The molecule has 2 amide bonds. The van der Waals surface area contributed by atoms with Gasteiger partial charge in [0.15, 0.2) is 17.7 Å². The number of aromatic nitrogens is 4. The smallest absolute Gasteiger partial charge is 0.386 e. The monoisotopic (exact) mass is 1240 g/mol. The van der Waals surface area contributed by atoms with Gasteiger partial charge in [-0.25, -0.2) is 28.6 Å². The van der Waals surface area contributed by atoms with Gasteiger partial charge in [0.1, 0.15) is 36.3 Å². The lowest BCUT2D eigenvalue weighted by atomic mass is 9.87. The molecule has 0 spiro atoms. The second kappa shape index (κ2) is 40.2. The Morgan fingerprint density at radius 1 is 0.747 bits per heavy atom. The van der Waals surface area contributed by atoms with Gasteiger partial charge in [0.25, 0.3) is 0 Å². The zero-order valence-corrected chi connectivity index (χ0v) is 51.4. The Balaban J connectivity index is 1.17. The lowest BCUT2D eigenvalue weighted by Gasteiger charge is -2.30. The summed E-state index contributed by atoms with van der Waals surface area (Å²) < 4.78 is 62.6. The fourth-order valence-electron chi connectivity index (χ4n) is 8.09. The maximum atomic E-state index is 12.8. The first-order valence-electron chi connectivity index (χ1n) is 28.2. The topological polar surface area (TPSA) is 364 Å². The molecule has 1 aliphatic rings. The van der Waals surface area contributed by atoms with Crippen LogP contribution < -0.4 is 16.4 Å². The fraction of sp³-hybridized carbons (Fsp3) is 0.600. The van der Waals surface area contributed by atoms with E-state index in [-0.39, 0.29) is 41.6 Å². The van der Waals surface area contributed by atoms with Crippen LogP contribution in [-0.2, 0) is 50.7 Å². The van der Waals surface area contributed by atoms with Crippen LogP contribution in [0.4, 0.5) is 5.82 Å². The van der Waals surface area contributed by atoms with Crippen molar-refractivity contribution < 1.29 is 80.5 Å². The van der Waals surface area contributed by atoms with Crippen molar-refractivity contribution in [1.82, 2.24) is 30.2 Å². The Morgan fingerprint density at radius 2 is 1.28 bits per heavy atom. The van der Waals surface area contributed by atoms with Gasteiger partial charge in [0.05, 0.1) is 19.5 Å². The highest BCUT2D eigenvalue weighted by molar-refractivity contribution is 8.14. The number of allylic oxidation sites excluding steroid dienone is 13. The zero-order chi connectivity index (χ0) is 61.0. The predicted molar refractivity (Wildman–Crippen MR) is 320 cm³/mol. The maximum Gasteiger partial charge on any atom is 0.481 e. The van der Waals surface area contributed by atoms with E-state index < -0.39 is 84.6 Å². The van der Waals surface area contributed by atoms with Crippen LogP contribution in [0.15, 0.2) is 97.7 Å². The van der Waals surface area contributed by atoms with Crippen LogP contribution in [0.5, 0.6) is 0 Å². The number of rotatable bonds is 44. The van der Waals surface area contributed by atoms with Gasteiger partial charge in [0.2, 0.25) is 16.9 Å². The number of phosphoric ester groups is 3. The summed E-state index contributed by atoms with van der Waals surface area (Å²) in [6.07, 6.45) is 43.4. The number of hydrogen-bond donors (Lipinski definition) is 9. The summed E-state index contributed by atoms with van der Waals surface area (Å²) in [5.74, 6) is -1.11. The van der Waals surface area contributed by atoms with Gasteiger partial charge < -0.3 is 50.9 Å². The van der Waals surface area contributed by atoms with Crippen molar-refractivity contribution in [1.29, 1.82) is 0 Å². The predicted octanol–water partition coefficient (Wildman–Crippen LogP) is 9.60. The first-order chi connectivity index (χ1) is 39.6. The largest absolute Gasteiger partial charge is 0.481 e. The van der Waals surface area contributed by atoms with Crippen LogP contribution in [0.3, 0.4) is 0 Å². The van der Waals surface area contributed by atoms with Crippen LogP contribution in [0.25, 0.3) is 11.2 Å². The van der Waals surface area contributed by atoms with E-state index in [9.17, 15) is 57.9 Å². The average molecular weight is 1240 g/mol. The Bertz CT molecular complexity index is 2620. The zero-order valence-electron chi connectivity index (χ0n) is 47.9. The lowest BCUT2D eigenvalue weighted by molar-refractivity contribution is -0.137. The summed E-state index contributed by atoms with van der Waals surface area (Å²) in [7, 11) is -16.4. The van der Waals surface area contributed by atoms with E-state index in [1.807, 2.05) is 6.08 Å². The molecule has 3 heterocycles. The van der Waals surface area contributed by atoms with E-state index in [1.54, 1.807) is 6.08 Å². The summed E-state index contributed by atoms with van der Waals surface area (Å²) in [6, 6.07) is 0. The highest BCUT2D eigenvalue weighted by Gasteiger charge is 2.50. The molecular weight excluding hydrogens is 1160 g/mol. The molecule has 1 saturated heterocycles. The molecule has 28 heteroatoms. The van der Waals surface area contributed by atoms with Crippen LogP contribution >= 0.6 is 35.2 Å². The number of aliphatic hydroxyl groups excluding tert-OH is 2. The Labute approximate surface area is 492 Å². The summed E-state index contributed by atoms with van der Waals surface area (Å²) in [5, 5.41) is 26.5. The van der Waals surface area contributed by atoms with Crippen molar-refractivity contribution in [2.75, 3.05) is 37.8 Å². The molecule has 10 N–H and O–H groups in total. The standard InChI is InChI=1S/C55H88N7O17P3S/c1-4-5-6-7-8-9-10-11-12-13-14-15-16-17-18-19-20-21-22-23-24-25-26-27-28-29-30-31-32-33-34-35-46(64)83-39-38-57-45(63)36-37-58-53(67)50(66)55(2,3)41-76-82(73,74)79-81(71,72)75-40-44-49(78-80(68,69)70)48(65)54(77-44)62-43-61-47-51(56)59-42-60-52(47)62/h5-6,8-9,11-12,14-15,17-18,20-21,34-35,42-44,48-50,54,65-66H,4,7,10,13,16,19,22-33,36-41H2,1-3H3,(H,57,63)(H,58,67)(H,71,72)(H,73,74)(H2,56,59,60)(H2,68,69,70)/b6-5-,9-8-,12-11-,15-14-,18-17-,21-20-,35-34+/t44-,48-,49-,50+,54-/m1/s1. The third-order valence-corrected chi connectivity index (χ3v) is 16.5. The summed E-state index contributed by atoms with van der Waals surface area (Å²) >= 11 is 1.07. The molecule has 0 aliphatic carbocycles. The Morgan fingerprint density at radius 3 is 1.84 bits per heavy atom. The van der Waals surface area contributed by atoms with Crippen molar-refractivity contribution >= 4 is 69.1 Å². The van der Waals surface area contributed by atoms with Crippen molar-refractivity contribution in [2.45, 2.75) is 173 Å². The second-order valence-corrected chi connectivity index (χ2v) is 25.5. The minimum absolute atomic E-state index is 0.0309. The lowest BCUT2D eigenvalue weighted by Crippen LogP contribution is -2.46. The number of nitrogens with one attached hydrogen (secondary N) is 2. The van der Waals surface area contributed by atoms with Gasteiger partial charge in [-0.3, -0.25) is 32.5 Å². The normalized spacial score (nSPS) is 19.2. The van der Waals surface area contributed by atoms with E-state index in [0.29, 0.717) is 5.75 Å². The van der Waals surface area contributed by atoms with E-state index in [0.717, 1.165) is 93.2 Å². The molecule has 83 heavy (non-hydrogen) atoms. The number of thioether (sulfide) groups is 1. The molecule has 2 unspecified atom stereocenters. The number of aliphatic hydroxyl groups is 2. The number of anilines is 1. The molecule has 0 saturated carbocycles. The number of nitrogens with two attached hydrogens (primary N) is 1. The van der Waals surface area contributed by atoms with Crippen LogP contribution in [-0.4, -0.2) is 123 Å². The minimum Gasteiger partial charge on any atom is -0.386 e. The van der Waals surface area contributed by atoms with Gasteiger partial charge in [-0.05, 0) is 70.3 Å². The molecule has 0 bridgehead atoms. The van der Waals surface area contributed by atoms with Gasteiger partial charge in [-0.15, -0.1) is 0 Å². The highest BCUT2D eigenvalue weighted by Crippen LogP contribution is 2.61. The highest BCUT2D eigenvalue weighted by atomic mass is 32.2. The maximum absolute atomic E-state index is 12.8. The van der Waals surface area contributed by atoms with Gasteiger partial charge in [0, 0.05) is 30.7 Å². The first-order valence-corrected chi connectivity index (χ1v) is 33.7. The van der Waals surface area contributed by atoms with Gasteiger partial charge in [-0.1, -0.05) is 163 Å². The number of ether oxygens (including phenoxy) is 1. The van der Waals surface area contributed by atoms with Crippen molar-refractivity contribution in [3.63, 3.8) is 0 Å². The van der Waals surface area contributed by atoms with Crippen LogP contribution in [0.1, 0.15) is 149 Å². The molecule has 1 fully saturated rings. The van der Waals surface area contributed by atoms with Crippen molar-refractivity contribution in [3.8, 4) is 0 Å². The number of imidazole rings is 1. The van der Waals surface area contributed by atoms with Crippen LogP contribution in [0.2, 0.25) is 0 Å². The molecule has 0 aromatic carbocycles. The van der Waals surface area contributed by atoms with E-state index in [2.05, 4.69) is 114 Å². The van der Waals surface area contributed by atoms with E-state index in [4.69, 9.17) is 19.5 Å². The van der Waals surface area contributed by atoms with E-state index >= 15 is 0 Å². The summed E-state index contributed by atoms with van der Waals surface area (Å²) in [5.41, 5.74) is 4.28.